The quantitative estimate of drug-likeness (QED) is 0.445. The Morgan fingerprint density at radius 3 is 2.41 bits per heavy atom. The van der Waals surface area contributed by atoms with E-state index in [9.17, 15) is 14.2 Å². The van der Waals surface area contributed by atoms with Crippen LogP contribution in [0.25, 0.3) is 10.9 Å². The number of benzene rings is 1. The molecule has 0 radical (unpaired) electrons. The molecule has 0 aliphatic heterocycles. The summed E-state index contributed by atoms with van der Waals surface area (Å²) >= 11 is 0. The van der Waals surface area contributed by atoms with Gasteiger partial charge in [0.1, 0.15) is 18.0 Å². The average Bonchev–Trinajstić information content (AvgIpc) is 3.08. The van der Waals surface area contributed by atoms with Gasteiger partial charge in [-0.05, 0) is 43.7 Å². The maximum Gasteiger partial charge on any atom is 0.469 e. The summed E-state index contributed by atoms with van der Waals surface area (Å²) in [7, 11) is -2.93. The fourth-order valence-electron chi connectivity index (χ4n) is 3.94. The number of phosphoric acid groups is 1. The fraction of sp³-hybridized carbons (Fsp3) is 0.591. The summed E-state index contributed by atoms with van der Waals surface area (Å²) in [4.78, 5) is 43.7. The number of fused-ring (bicyclic) bond motifs is 1. The molecule has 2 aromatic rings. The molecular formula is C22H31N2O7P. The zero-order chi connectivity index (χ0) is 23.7. The number of ketones is 2. The smallest absolute Gasteiger partial charge is 0.469 e. The van der Waals surface area contributed by atoms with Crippen LogP contribution in [-0.4, -0.2) is 44.9 Å². The second-order valence-corrected chi connectivity index (χ2v) is 10.7. The molecule has 0 spiro atoms. The van der Waals surface area contributed by atoms with Crippen LogP contribution >= 0.6 is 7.82 Å². The molecule has 9 nitrogen and oxygen atoms in total. The topological polar surface area (TPSA) is 128 Å². The van der Waals surface area contributed by atoms with E-state index in [1.54, 1.807) is 30.0 Å². The van der Waals surface area contributed by atoms with Crippen LogP contribution in [0.3, 0.4) is 0 Å². The van der Waals surface area contributed by atoms with Crippen molar-refractivity contribution < 1.29 is 33.2 Å². The van der Waals surface area contributed by atoms with Crippen LogP contribution in [0.4, 0.5) is 0 Å². The first-order chi connectivity index (χ1) is 14.9. The van der Waals surface area contributed by atoms with E-state index >= 15 is 0 Å². The Bertz CT molecular complexity index is 1040. The van der Waals surface area contributed by atoms with Gasteiger partial charge in [-0.25, -0.2) is 4.57 Å². The van der Waals surface area contributed by atoms with Gasteiger partial charge in [0.25, 0.3) is 0 Å². The van der Waals surface area contributed by atoms with E-state index in [1.165, 1.54) is 0 Å². The molecule has 3 rings (SSSR count). The zero-order valence-electron chi connectivity index (χ0n) is 18.9. The SMILES string of the molecule is COc1ccc2c(C(=O)C3CCC(COP(=O)(O)O)CC3)nn(CC(=O)C(C)(C)C)c2c1. The van der Waals surface area contributed by atoms with E-state index in [-0.39, 0.29) is 36.6 Å². The maximum absolute atomic E-state index is 13.3. The van der Waals surface area contributed by atoms with E-state index in [0.29, 0.717) is 48.0 Å². The van der Waals surface area contributed by atoms with E-state index in [1.807, 2.05) is 20.8 Å². The minimum absolute atomic E-state index is 0.00860. The number of aromatic nitrogens is 2. The number of hydrogen-bond acceptors (Lipinski definition) is 6. The highest BCUT2D eigenvalue weighted by Crippen LogP contribution is 2.39. The first-order valence-corrected chi connectivity index (χ1v) is 12.2. The standard InChI is InChI=1S/C22H31N2O7P/c1-22(2,3)19(25)12-24-18-11-16(30-4)9-10-17(18)20(23-24)21(26)15-7-5-14(6-8-15)13-31-32(27,28)29/h9-11,14-15H,5-8,12-13H2,1-4H3,(H2,27,28,29). The van der Waals surface area contributed by atoms with Gasteiger partial charge in [-0.2, -0.15) is 5.10 Å². The molecule has 1 aliphatic carbocycles. The predicted octanol–water partition coefficient (Wildman–Crippen LogP) is 3.76. The molecular weight excluding hydrogens is 435 g/mol. The van der Waals surface area contributed by atoms with Crippen molar-refractivity contribution in [3.8, 4) is 5.75 Å². The Hall–Kier alpha value is -2.06. The van der Waals surface area contributed by atoms with Gasteiger partial charge in [-0.15, -0.1) is 0 Å². The van der Waals surface area contributed by atoms with Gasteiger partial charge in [0.05, 0.1) is 19.2 Å². The molecule has 0 saturated heterocycles. The Morgan fingerprint density at radius 2 is 1.84 bits per heavy atom. The monoisotopic (exact) mass is 466 g/mol. The molecule has 0 atom stereocenters. The Balaban J connectivity index is 1.81. The van der Waals surface area contributed by atoms with Gasteiger partial charge >= 0.3 is 7.82 Å². The number of nitrogens with zero attached hydrogens (tertiary/aromatic N) is 2. The highest BCUT2D eigenvalue weighted by Gasteiger charge is 2.32. The third kappa shape index (κ3) is 5.84. The summed E-state index contributed by atoms with van der Waals surface area (Å²) in [5.41, 5.74) is 0.489. The molecule has 1 aliphatic rings. The lowest BCUT2D eigenvalue weighted by atomic mass is 9.79. The number of Topliss-reactive ketones (excluding diaryl/α,β-unsaturated/α-hetero) is 2. The number of rotatable bonds is 8. The van der Waals surface area contributed by atoms with E-state index < -0.39 is 13.2 Å². The summed E-state index contributed by atoms with van der Waals surface area (Å²) in [6, 6.07) is 5.35. The van der Waals surface area contributed by atoms with Crippen LogP contribution in [-0.2, 0) is 20.4 Å². The molecule has 176 valence electrons. The molecule has 1 saturated carbocycles. The molecule has 10 heteroatoms. The fourth-order valence-corrected chi connectivity index (χ4v) is 4.35. The maximum atomic E-state index is 13.3. The summed E-state index contributed by atoms with van der Waals surface area (Å²) in [6.07, 6.45) is 2.48. The van der Waals surface area contributed by atoms with Crippen molar-refractivity contribution in [1.82, 2.24) is 9.78 Å². The first-order valence-electron chi connectivity index (χ1n) is 10.7. The highest BCUT2D eigenvalue weighted by atomic mass is 31.2. The summed E-state index contributed by atoms with van der Waals surface area (Å²) in [5.74, 6) is 0.333. The summed E-state index contributed by atoms with van der Waals surface area (Å²) in [5, 5.41) is 5.23. The minimum Gasteiger partial charge on any atom is -0.497 e. The van der Waals surface area contributed by atoms with Crippen molar-refractivity contribution in [1.29, 1.82) is 0 Å². The Morgan fingerprint density at radius 1 is 1.19 bits per heavy atom. The van der Waals surface area contributed by atoms with Gasteiger partial charge < -0.3 is 14.5 Å². The minimum atomic E-state index is -4.49. The van der Waals surface area contributed by atoms with Crippen molar-refractivity contribution in [3.05, 3.63) is 23.9 Å². The van der Waals surface area contributed by atoms with E-state index in [0.717, 1.165) is 0 Å². The number of hydrogen-bond donors (Lipinski definition) is 2. The largest absolute Gasteiger partial charge is 0.497 e. The third-order valence-electron chi connectivity index (χ3n) is 6.02. The average molecular weight is 466 g/mol. The Kier molecular flexibility index (Phi) is 7.25. The molecule has 0 bridgehead atoms. The predicted molar refractivity (Wildman–Crippen MR) is 119 cm³/mol. The van der Waals surface area contributed by atoms with Crippen LogP contribution in [0.2, 0.25) is 0 Å². The van der Waals surface area contributed by atoms with Crippen LogP contribution in [0.1, 0.15) is 56.9 Å². The van der Waals surface area contributed by atoms with Crippen molar-refractivity contribution in [2.24, 2.45) is 17.3 Å². The lowest BCUT2D eigenvalue weighted by molar-refractivity contribution is -0.127. The van der Waals surface area contributed by atoms with Gasteiger partial charge in [-0.1, -0.05) is 20.8 Å². The van der Waals surface area contributed by atoms with Gasteiger partial charge in [0.2, 0.25) is 0 Å². The van der Waals surface area contributed by atoms with Crippen molar-refractivity contribution in [2.75, 3.05) is 13.7 Å². The molecule has 1 heterocycles. The second-order valence-electron chi connectivity index (χ2n) is 9.43. The number of carbonyl (C=O) groups excluding carboxylic acids is 2. The number of methoxy groups -OCH3 is 1. The van der Waals surface area contributed by atoms with Crippen LogP contribution in [0.15, 0.2) is 18.2 Å². The Labute approximate surface area is 187 Å². The van der Waals surface area contributed by atoms with Gasteiger partial charge in [0, 0.05) is 22.8 Å². The van der Waals surface area contributed by atoms with Gasteiger partial charge in [0.15, 0.2) is 11.6 Å². The first kappa shape index (κ1) is 24.6. The van der Waals surface area contributed by atoms with Crippen molar-refractivity contribution in [2.45, 2.75) is 53.0 Å². The third-order valence-corrected chi connectivity index (χ3v) is 6.50. The summed E-state index contributed by atoms with van der Waals surface area (Å²) < 4.78 is 22.4. The van der Waals surface area contributed by atoms with Gasteiger partial charge in [-0.3, -0.25) is 18.8 Å². The molecule has 1 fully saturated rings. The normalized spacial score (nSPS) is 19.8. The molecule has 2 N–H and O–H groups in total. The van der Waals surface area contributed by atoms with Crippen LogP contribution in [0, 0.1) is 17.3 Å². The molecule has 0 unspecified atom stereocenters. The molecule has 0 amide bonds. The highest BCUT2D eigenvalue weighted by molar-refractivity contribution is 7.46. The zero-order valence-corrected chi connectivity index (χ0v) is 19.8. The van der Waals surface area contributed by atoms with E-state index in [4.69, 9.17) is 14.5 Å². The molecule has 1 aromatic carbocycles. The number of ether oxygens (including phenoxy) is 1. The lowest BCUT2D eigenvalue weighted by Crippen LogP contribution is -2.26. The number of phosphoric ester groups is 1. The molecule has 1 aromatic heterocycles. The second kappa shape index (κ2) is 9.43. The van der Waals surface area contributed by atoms with Crippen molar-refractivity contribution >= 4 is 30.3 Å². The van der Waals surface area contributed by atoms with Crippen LogP contribution in [0.5, 0.6) is 5.75 Å². The summed E-state index contributed by atoms with van der Waals surface area (Å²) in [6.45, 7) is 5.59. The van der Waals surface area contributed by atoms with Crippen molar-refractivity contribution in [3.63, 3.8) is 0 Å². The molecule has 32 heavy (non-hydrogen) atoms. The van der Waals surface area contributed by atoms with Crippen LogP contribution < -0.4 is 4.74 Å². The van der Waals surface area contributed by atoms with E-state index in [2.05, 4.69) is 9.62 Å². The lowest BCUT2D eigenvalue weighted by Gasteiger charge is -2.27. The number of carbonyl (C=O) groups is 2.